The Morgan fingerprint density at radius 2 is 1.37 bits per heavy atom. The molecule has 4 amide bonds. The smallest absolute Gasteiger partial charge is 0.328 e. The van der Waals surface area contributed by atoms with E-state index < -0.39 is 35.9 Å². The molecular weight excluding hydrogens is 356 g/mol. The van der Waals surface area contributed by atoms with Crippen LogP contribution in [0.25, 0.3) is 0 Å². The van der Waals surface area contributed by atoms with Crippen molar-refractivity contribution in [2.24, 2.45) is 0 Å². The predicted octanol–water partition coefficient (Wildman–Crippen LogP) is -1.02. The molecule has 0 saturated carbocycles. The summed E-state index contributed by atoms with van der Waals surface area (Å²) >= 11 is 0. The summed E-state index contributed by atoms with van der Waals surface area (Å²) < 4.78 is 4.69. The van der Waals surface area contributed by atoms with E-state index in [2.05, 4.69) is 21.3 Å². The van der Waals surface area contributed by atoms with Crippen molar-refractivity contribution in [1.82, 2.24) is 21.3 Å². The zero-order chi connectivity index (χ0) is 21.0. The molecule has 0 aliphatic carbocycles. The van der Waals surface area contributed by atoms with E-state index in [0.717, 1.165) is 0 Å². The number of methoxy groups -OCH3 is 1. The molecule has 0 aromatic carbocycles. The number of rotatable bonds is 11. The summed E-state index contributed by atoms with van der Waals surface area (Å²) in [5.74, 6) is -2.15. The largest absolute Gasteiger partial charge is 0.467 e. The zero-order valence-electron chi connectivity index (χ0n) is 16.5. The van der Waals surface area contributed by atoms with Gasteiger partial charge in [-0.05, 0) is 33.1 Å². The Morgan fingerprint density at radius 1 is 0.815 bits per heavy atom. The summed E-state index contributed by atoms with van der Waals surface area (Å²) in [7, 11) is 1.22. The van der Waals surface area contributed by atoms with Crippen LogP contribution in [-0.2, 0) is 28.7 Å². The molecule has 0 unspecified atom stereocenters. The average Bonchev–Trinajstić information content (AvgIpc) is 2.58. The third-order valence-electron chi connectivity index (χ3n) is 3.66. The lowest BCUT2D eigenvalue weighted by atomic mass is 10.1. The lowest BCUT2D eigenvalue weighted by Crippen LogP contribution is -2.54. The Morgan fingerprint density at radius 3 is 1.89 bits per heavy atom. The van der Waals surface area contributed by atoms with Gasteiger partial charge in [-0.1, -0.05) is 0 Å². The molecule has 27 heavy (non-hydrogen) atoms. The highest BCUT2D eigenvalue weighted by atomic mass is 16.5. The van der Waals surface area contributed by atoms with Crippen molar-refractivity contribution in [3.8, 4) is 0 Å². The molecule has 0 bridgehead atoms. The first-order valence-corrected chi connectivity index (χ1v) is 8.78. The maximum absolute atomic E-state index is 12.3. The molecule has 154 valence electrons. The minimum absolute atomic E-state index is 0.133. The first kappa shape index (κ1) is 24.4. The number of esters is 1. The van der Waals surface area contributed by atoms with E-state index in [1.165, 1.54) is 34.8 Å². The molecule has 0 aliphatic rings. The van der Waals surface area contributed by atoms with Crippen LogP contribution in [0.4, 0.5) is 0 Å². The lowest BCUT2D eigenvalue weighted by molar-refractivity contribution is -0.145. The first-order chi connectivity index (χ1) is 12.6. The van der Waals surface area contributed by atoms with Gasteiger partial charge in [0, 0.05) is 20.4 Å². The van der Waals surface area contributed by atoms with Gasteiger partial charge in [0.1, 0.15) is 18.1 Å². The van der Waals surface area contributed by atoms with Gasteiger partial charge >= 0.3 is 5.97 Å². The van der Waals surface area contributed by atoms with Gasteiger partial charge in [-0.15, -0.1) is 0 Å². The third kappa shape index (κ3) is 10.8. The molecular formula is C17H30N4O6. The average molecular weight is 386 g/mol. The van der Waals surface area contributed by atoms with Gasteiger partial charge in [0.15, 0.2) is 0 Å². The molecule has 0 spiro atoms. The summed E-state index contributed by atoms with van der Waals surface area (Å²) in [4.78, 5) is 57.8. The van der Waals surface area contributed by atoms with E-state index >= 15 is 0 Å². The van der Waals surface area contributed by atoms with Crippen LogP contribution in [0, 0.1) is 0 Å². The van der Waals surface area contributed by atoms with Crippen molar-refractivity contribution in [2.45, 2.75) is 65.1 Å². The second kappa shape index (κ2) is 12.7. The van der Waals surface area contributed by atoms with Gasteiger partial charge in [0.2, 0.25) is 23.6 Å². The normalized spacial score (nSPS) is 13.5. The van der Waals surface area contributed by atoms with Crippen molar-refractivity contribution in [3.63, 3.8) is 0 Å². The van der Waals surface area contributed by atoms with Gasteiger partial charge in [0.25, 0.3) is 0 Å². The summed E-state index contributed by atoms with van der Waals surface area (Å²) in [6.07, 6.45) is 1.56. The monoisotopic (exact) mass is 386 g/mol. The molecule has 10 heteroatoms. The van der Waals surface area contributed by atoms with Crippen LogP contribution in [0.15, 0.2) is 0 Å². The minimum atomic E-state index is -0.903. The first-order valence-electron chi connectivity index (χ1n) is 8.78. The van der Waals surface area contributed by atoms with Gasteiger partial charge in [-0.2, -0.15) is 0 Å². The fraction of sp³-hybridized carbons (Fsp3) is 0.706. The topological polar surface area (TPSA) is 143 Å². The number of ether oxygens (including phenoxy) is 1. The SMILES string of the molecule is COC(=O)[C@H](CCCCNC(C)=O)NC(=O)[C@H](C)NC(=O)[C@H](C)NC(C)=O. The lowest BCUT2D eigenvalue weighted by Gasteiger charge is -2.21. The molecule has 0 heterocycles. The van der Waals surface area contributed by atoms with E-state index in [1.54, 1.807) is 0 Å². The molecule has 4 N–H and O–H groups in total. The Balaban J connectivity index is 4.56. The van der Waals surface area contributed by atoms with Gasteiger partial charge in [-0.25, -0.2) is 4.79 Å². The molecule has 0 aromatic heterocycles. The second-order valence-corrected chi connectivity index (χ2v) is 6.22. The van der Waals surface area contributed by atoms with Crippen LogP contribution >= 0.6 is 0 Å². The van der Waals surface area contributed by atoms with Crippen LogP contribution in [0.5, 0.6) is 0 Å². The summed E-state index contributed by atoms with van der Waals surface area (Å²) in [6, 6.07) is -2.55. The highest BCUT2D eigenvalue weighted by Gasteiger charge is 2.25. The number of carbonyl (C=O) groups excluding carboxylic acids is 5. The Bertz CT molecular complexity index is 552. The highest BCUT2D eigenvalue weighted by molar-refractivity contribution is 5.92. The van der Waals surface area contributed by atoms with Crippen molar-refractivity contribution in [3.05, 3.63) is 0 Å². The fourth-order valence-electron chi connectivity index (χ4n) is 2.20. The highest BCUT2D eigenvalue weighted by Crippen LogP contribution is 2.03. The summed E-state index contributed by atoms with van der Waals surface area (Å²) in [5, 5.41) is 10.1. The van der Waals surface area contributed by atoms with E-state index in [-0.39, 0.29) is 11.8 Å². The van der Waals surface area contributed by atoms with Crippen LogP contribution in [0.3, 0.4) is 0 Å². The van der Waals surface area contributed by atoms with Crippen molar-refractivity contribution >= 4 is 29.6 Å². The van der Waals surface area contributed by atoms with Crippen LogP contribution < -0.4 is 21.3 Å². The van der Waals surface area contributed by atoms with E-state index in [0.29, 0.717) is 25.8 Å². The van der Waals surface area contributed by atoms with E-state index in [1.807, 2.05) is 0 Å². The molecule has 10 nitrogen and oxygen atoms in total. The van der Waals surface area contributed by atoms with Crippen LogP contribution in [0.1, 0.15) is 47.0 Å². The maximum Gasteiger partial charge on any atom is 0.328 e. The minimum Gasteiger partial charge on any atom is -0.467 e. The van der Waals surface area contributed by atoms with Crippen molar-refractivity contribution < 1.29 is 28.7 Å². The van der Waals surface area contributed by atoms with Crippen LogP contribution in [0.2, 0.25) is 0 Å². The van der Waals surface area contributed by atoms with E-state index in [4.69, 9.17) is 4.74 Å². The predicted molar refractivity (Wildman–Crippen MR) is 97.4 cm³/mol. The van der Waals surface area contributed by atoms with Gasteiger partial charge in [0.05, 0.1) is 7.11 Å². The molecule has 0 rings (SSSR count). The molecule has 0 saturated heterocycles. The fourth-order valence-corrected chi connectivity index (χ4v) is 2.20. The molecule has 0 radical (unpaired) electrons. The standard InChI is InChI=1S/C17H30N4O6/c1-10(19-13(4)23)15(24)20-11(2)16(25)21-14(17(26)27-5)8-6-7-9-18-12(3)22/h10-11,14H,6-9H2,1-5H3,(H,18,22)(H,19,23)(H,20,24)(H,21,25)/t10-,11-,14-/m0/s1. The Kier molecular flexibility index (Phi) is 11.4. The van der Waals surface area contributed by atoms with Crippen molar-refractivity contribution in [2.75, 3.05) is 13.7 Å². The molecule has 0 aliphatic heterocycles. The quantitative estimate of drug-likeness (QED) is 0.264. The summed E-state index contributed by atoms with van der Waals surface area (Å²) in [5.41, 5.74) is 0. The number of hydrogen-bond acceptors (Lipinski definition) is 6. The number of unbranched alkanes of at least 4 members (excludes halogenated alkanes) is 1. The summed E-state index contributed by atoms with van der Waals surface area (Å²) in [6.45, 7) is 6.14. The van der Waals surface area contributed by atoms with E-state index in [9.17, 15) is 24.0 Å². The number of amides is 4. The zero-order valence-corrected chi connectivity index (χ0v) is 16.5. The van der Waals surface area contributed by atoms with Crippen molar-refractivity contribution in [1.29, 1.82) is 0 Å². The molecule has 3 atom stereocenters. The number of carbonyl (C=O) groups is 5. The van der Waals surface area contributed by atoms with Gasteiger partial charge in [-0.3, -0.25) is 19.2 Å². The van der Waals surface area contributed by atoms with Crippen LogP contribution in [-0.4, -0.2) is 61.4 Å². The third-order valence-corrected chi connectivity index (χ3v) is 3.66. The second-order valence-electron chi connectivity index (χ2n) is 6.22. The maximum atomic E-state index is 12.3. The molecule has 0 aromatic rings. The Hall–Kier alpha value is -2.65. The van der Waals surface area contributed by atoms with Gasteiger partial charge < -0.3 is 26.0 Å². The molecule has 0 fully saturated rings. The Labute approximate surface area is 159 Å². The number of hydrogen-bond donors (Lipinski definition) is 4. The number of nitrogens with one attached hydrogen (secondary N) is 4.